The molecule has 0 atom stereocenters. The molecule has 1 aliphatic heterocycles. The van der Waals surface area contributed by atoms with Crippen LogP contribution in [0.5, 0.6) is 0 Å². The molecule has 6 heteroatoms. The number of nitrogens with zero attached hydrogens (tertiary/aromatic N) is 4. The maximum Gasteiger partial charge on any atom is 0.272 e. The van der Waals surface area contributed by atoms with E-state index in [-0.39, 0.29) is 11.9 Å². The second-order valence-corrected chi connectivity index (χ2v) is 5.18. The van der Waals surface area contributed by atoms with Gasteiger partial charge in [0.15, 0.2) is 0 Å². The third-order valence-electron chi connectivity index (χ3n) is 3.11. The lowest BCUT2D eigenvalue weighted by molar-refractivity contribution is 0.0658. The number of piperazine rings is 1. The molecule has 1 aromatic rings. The summed E-state index contributed by atoms with van der Waals surface area (Å²) in [4.78, 5) is 24.6. The molecule has 6 nitrogen and oxygen atoms in total. The molecule has 0 bridgehead atoms. The SMILES string of the molecule is CC(C)Nc1cc(C(=O)N2CCN(C)CC2)ncn1. The summed E-state index contributed by atoms with van der Waals surface area (Å²) in [5.74, 6) is 0.685. The first kappa shape index (κ1) is 13.7. The minimum atomic E-state index is -0.0118. The van der Waals surface area contributed by atoms with Gasteiger partial charge in [-0.3, -0.25) is 4.79 Å². The molecule has 1 amide bonds. The van der Waals surface area contributed by atoms with Crippen LogP contribution in [0.4, 0.5) is 5.82 Å². The fraction of sp³-hybridized carbons (Fsp3) is 0.615. The molecule has 1 aliphatic rings. The van der Waals surface area contributed by atoms with Gasteiger partial charge >= 0.3 is 0 Å². The Morgan fingerprint density at radius 1 is 1.26 bits per heavy atom. The number of carbonyl (C=O) groups excluding carboxylic acids is 1. The summed E-state index contributed by atoms with van der Waals surface area (Å²) in [6.45, 7) is 7.40. The molecular weight excluding hydrogens is 242 g/mol. The van der Waals surface area contributed by atoms with Crippen molar-refractivity contribution < 1.29 is 4.79 Å². The van der Waals surface area contributed by atoms with Gasteiger partial charge in [-0.05, 0) is 20.9 Å². The summed E-state index contributed by atoms with van der Waals surface area (Å²) < 4.78 is 0. The van der Waals surface area contributed by atoms with Gasteiger partial charge in [-0.15, -0.1) is 0 Å². The van der Waals surface area contributed by atoms with Crippen LogP contribution in [-0.4, -0.2) is 64.9 Å². The zero-order chi connectivity index (χ0) is 13.8. The fourth-order valence-electron chi connectivity index (χ4n) is 2.02. The van der Waals surface area contributed by atoms with E-state index in [2.05, 4.69) is 27.2 Å². The van der Waals surface area contributed by atoms with Crippen molar-refractivity contribution in [3.8, 4) is 0 Å². The quantitative estimate of drug-likeness (QED) is 0.869. The maximum absolute atomic E-state index is 12.3. The zero-order valence-corrected chi connectivity index (χ0v) is 11.8. The van der Waals surface area contributed by atoms with Crippen LogP contribution < -0.4 is 5.32 Å². The zero-order valence-electron chi connectivity index (χ0n) is 11.8. The second kappa shape index (κ2) is 5.97. The molecule has 0 spiro atoms. The molecule has 0 radical (unpaired) electrons. The van der Waals surface area contributed by atoms with E-state index in [4.69, 9.17) is 0 Å². The highest BCUT2D eigenvalue weighted by Gasteiger charge is 2.21. The first-order valence-corrected chi connectivity index (χ1v) is 6.62. The monoisotopic (exact) mass is 263 g/mol. The first-order valence-electron chi connectivity index (χ1n) is 6.62. The average Bonchev–Trinajstić information content (AvgIpc) is 2.38. The van der Waals surface area contributed by atoms with Crippen LogP contribution in [0, 0.1) is 0 Å². The number of likely N-dealkylation sites (N-methyl/N-ethyl adjacent to an activating group) is 1. The van der Waals surface area contributed by atoms with E-state index in [1.807, 2.05) is 18.7 Å². The molecule has 19 heavy (non-hydrogen) atoms. The van der Waals surface area contributed by atoms with Crippen molar-refractivity contribution in [2.24, 2.45) is 0 Å². The number of hydrogen-bond donors (Lipinski definition) is 1. The van der Waals surface area contributed by atoms with Crippen molar-refractivity contribution in [3.63, 3.8) is 0 Å². The Morgan fingerprint density at radius 2 is 1.95 bits per heavy atom. The van der Waals surface area contributed by atoms with Gasteiger partial charge in [0.05, 0.1) is 0 Å². The largest absolute Gasteiger partial charge is 0.368 e. The molecule has 0 saturated carbocycles. The number of aromatic nitrogens is 2. The third-order valence-corrected chi connectivity index (χ3v) is 3.11. The van der Waals surface area contributed by atoms with E-state index in [0.717, 1.165) is 26.2 Å². The minimum absolute atomic E-state index is 0.0118. The van der Waals surface area contributed by atoms with E-state index in [1.54, 1.807) is 6.07 Å². The third kappa shape index (κ3) is 3.64. The Hall–Kier alpha value is -1.69. The van der Waals surface area contributed by atoms with Gasteiger partial charge in [0.2, 0.25) is 0 Å². The van der Waals surface area contributed by atoms with Gasteiger partial charge in [0, 0.05) is 38.3 Å². The smallest absolute Gasteiger partial charge is 0.272 e. The summed E-state index contributed by atoms with van der Waals surface area (Å²) in [6, 6.07) is 2.00. The average molecular weight is 263 g/mol. The Balaban J connectivity index is 2.06. The molecule has 0 unspecified atom stereocenters. The van der Waals surface area contributed by atoms with Gasteiger partial charge < -0.3 is 15.1 Å². The van der Waals surface area contributed by atoms with Crippen LogP contribution >= 0.6 is 0 Å². The molecule has 0 aromatic carbocycles. The van der Waals surface area contributed by atoms with Gasteiger partial charge in [0.25, 0.3) is 5.91 Å². The van der Waals surface area contributed by atoms with E-state index >= 15 is 0 Å². The van der Waals surface area contributed by atoms with Gasteiger partial charge in [-0.25, -0.2) is 9.97 Å². The van der Waals surface area contributed by atoms with Gasteiger partial charge in [0.1, 0.15) is 17.8 Å². The highest BCUT2D eigenvalue weighted by molar-refractivity contribution is 5.93. The first-order chi connectivity index (χ1) is 9.06. The second-order valence-electron chi connectivity index (χ2n) is 5.18. The molecule has 2 heterocycles. The topological polar surface area (TPSA) is 61.4 Å². The minimum Gasteiger partial charge on any atom is -0.368 e. The number of carbonyl (C=O) groups is 1. The number of nitrogens with one attached hydrogen (secondary N) is 1. The van der Waals surface area contributed by atoms with Crippen molar-refractivity contribution in [2.45, 2.75) is 19.9 Å². The number of amides is 1. The Morgan fingerprint density at radius 3 is 2.58 bits per heavy atom. The van der Waals surface area contributed by atoms with Crippen molar-refractivity contribution in [3.05, 3.63) is 18.1 Å². The van der Waals surface area contributed by atoms with E-state index in [9.17, 15) is 4.79 Å². The van der Waals surface area contributed by atoms with Gasteiger partial charge in [-0.1, -0.05) is 0 Å². The number of rotatable bonds is 3. The molecule has 104 valence electrons. The number of hydrogen-bond acceptors (Lipinski definition) is 5. The van der Waals surface area contributed by atoms with Crippen molar-refractivity contribution in [2.75, 3.05) is 38.5 Å². The lowest BCUT2D eigenvalue weighted by atomic mass is 10.2. The van der Waals surface area contributed by atoms with Crippen molar-refractivity contribution in [1.29, 1.82) is 0 Å². The van der Waals surface area contributed by atoms with Crippen LogP contribution in [0.3, 0.4) is 0 Å². The lowest BCUT2D eigenvalue weighted by Crippen LogP contribution is -2.47. The summed E-state index contributed by atoms with van der Waals surface area (Å²) in [6.07, 6.45) is 1.44. The van der Waals surface area contributed by atoms with E-state index in [0.29, 0.717) is 11.5 Å². The Labute approximate surface area is 113 Å². The molecule has 2 rings (SSSR count). The van der Waals surface area contributed by atoms with Crippen molar-refractivity contribution >= 4 is 11.7 Å². The van der Waals surface area contributed by atoms with Crippen LogP contribution in [0.25, 0.3) is 0 Å². The molecule has 1 aromatic heterocycles. The molecule has 1 N–H and O–H groups in total. The summed E-state index contributed by atoms with van der Waals surface area (Å²) in [7, 11) is 2.07. The van der Waals surface area contributed by atoms with Crippen LogP contribution in [0.2, 0.25) is 0 Å². The van der Waals surface area contributed by atoms with E-state index < -0.39 is 0 Å². The fourth-order valence-corrected chi connectivity index (χ4v) is 2.02. The molecule has 1 saturated heterocycles. The maximum atomic E-state index is 12.3. The van der Waals surface area contributed by atoms with Crippen LogP contribution in [-0.2, 0) is 0 Å². The normalized spacial score (nSPS) is 16.7. The summed E-state index contributed by atoms with van der Waals surface area (Å²) in [5.41, 5.74) is 0.461. The summed E-state index contributed by atoms with van der Waals surface area (Å²) in [5, 5.41) is 3.18. The van der Waals surface area contributed by atoms with Crippen LogP contribution in [0.1, 0.15) is 24.3 Å². The summed E-state index contributed by atoms with van der Waals surface area (Å²) >= 11 is 0. The predicted molar refractivity (Wildman–Crippen MR) is 74.2 cm³/mol. The highest BCUT2D eigenvalue weighted by atomic mass is 16.2. The van der Waals surface area contributed by atoms with Crippen molar-refractivity contribution in [1.82, 2.24) is 19.8 Å². The standard InChI is InChI=1S/C13H21N5O/c1-10(2)16-12-8-11(14-9-15-12)13(19)18-6-4-17(3)5-7-18/h8-10H,4-7H2,1-3H3,(H,14,15,16). The Kier molecular flexibility index (Phi) is 4.31. The molecule has 0 aliphatic carbocycles. The number of anilines is 1. The molecule has 1 fully saturated rings. The lowest BCUT2D eigenvalue weighted by Gasteiger charge is -2.32. The Bertz CT molecular complexity index is 440. The van der Waals surface area contributed by atoms with Crippen LogP contribution in [0.15, 0.2) is 12.4 Å². The highest BCUT2D eigenvalue weighted by Crippen LogP contribution is 2.10. The predicted octanol–water partition coefficient (Wildman–Crippen LogP) is 0.684. The molecular formula is C13H21N5O. The van der Waals surface area contributed by atoms with Gasteiger partial charge in [-0.2, -0.15) is 0 Å². The van der Waals surface area contributed by atoms with E-state index in [1.165, 1.54) is 6.33 Å².